The van der Waals surface area contributed by atoms with Crippen molar-refractivity contribution in [1.29, 1.82) is 0 Å². The molecular formula is C18H17F3N2O. The molecule has 126 valence electrons. The van der Waals surface area contributed by atoms with Gasteiger partial charge in [-0.2, -0.15) is 0 Å². The van der Waals surface area contributed by atoms with E-state index in [2.05, 4.69) is 5.32 Å². The molecule has 0 spiro atoms. The van der Waals surface area contributed by atoms with Crippen LogP contribution >= 0.6 is 0 Å². The van der Waals surface area contributed by atoms with Crippen LogP contribution in [-0.4, -0.2) is 19.0 Å². The molecule has 0 unspecified atom stereocenters. The molecule has 0 radical (unpaired) electrons. The number of para-hydroxylation sites is 1. The number of anilines is 2. The molecule has 1 aliphatic rings. The van der Waals surface area contributed by atoms with Gasteiger partial charge in [-0.05, 0) is 37.1 Å². The summed E-state index contributed by atoms with van der Waals surface area (Å²) in [6.07, 6.45) is 1.11. The van der Waals surface area contributed by atoms with Gasteiger partial charge in [-0.3, -0.25) is 4.79 Å². The van der Waals surface area contributed by atoms with E-state index in [1.54, 1.807) is 18.2 Å². The SMILES string of the molecule is O=C(Nc1cc(F)cc(F)c1)C1CCN(c2ccccc2F)CC1. The summed E-state index contributed by atoms with van der Waals surface area (Å²) in [5.41, 5.74) is 0.637. The van der Waals surface area contributed by atoms with Crippen molar-refractivity contribution in [3.63, 3.8) is 0 Å². The summed E-state index contributed by atoms with van der Waals surface area (Å²) in [7, 11) is 0. The van der Waals surface area contributed by atoms with E-state index >= 15 is 0 Å². The number of hydrogen-bond acceptors (Lipinski definition) is 2. The van der Waals surface area contributed by atoms with E-state index in [-0.39, 0.29) is 23.3 Å². The van der Waals surface area contributed by atoms with Crippen molar-refractivity contribution < 1.29 is 18.0 Å². The second-order valence-electron chi connectivity index (χ2n) is 5.86. The van der Waals surface area contributed by atoms with Crippen LogP contribution in [-0.2, 0) is 4.79 Å². The number of nitrogens with zero attached hydrogens (tertiary/aromatic N) is 1. The van der Waals surface area contributed by atoms with Gasteiger partial charge in [0.05, 0.1) is 5.69 Å². The van der Waals surface area contributed by atoms with Crippen LogP contribution in [0.5, 0.6) is 0 Å². The largest absolute Gasteiger partial charge is 0.369 e. The molecule has 0 saturated carbocycles. The number of hydrogen-bond donors (Lipinski definition) is 1. The lowest BCUT2D eigenvalue weighted by molar-refractivity contribution is -0.120. The Morgan fingerprint density at radius 3 is 2.25 bits per heavy atom. The summed E-state index contributed by atoms with van der Waals surface area (Å²) < 4.78 is 40.1. The van der Waals surface area contributed by atoms with Crippen LogP contribution in [0.4, 0.5) is 24.5 Å². The summed E-state index contributed by atoms with van der Waals surface area (Å²) in [4.78, 5) is 14.2. The van der Waals surface area contributed by atoms with Crippen LogP contribution < -0.4 is 10.2 Å². The average molecular weight is 334 g/mol. The van der Waals surface area contributed by atoms with Gasteiger partial charge < -0.3 is 10.2 Å². The maximum atomic E-state index is 13.8. The summed E-state index contributed by atoms with van der Waals surface area (Å²) in [5.74, 6) is -2.29. The van der Waals surface area contributed by atoms with Gasteiger partial charge in [0.25, 0.3) is 0 Å². The monoisotopic (exact) mass is 334 g/mol. The van der Waals surface area contributed by atoms with Crippen LogP contribution in [0, 0.1) is 23.4 Å². The number of amides is 1. The second kappa shape index (κ2) is 6.95. The van der Waals surface area contributed by atoms with Gasteiger partial charge >= 0.3 is 0 Å². The second-order valence-corrected chi connectivity index (χ2v) is 5.86. The Morgan fingerprint density at radius 2 is 1.62 bits per heavy atom. The van der Waals surface area contributed by atoms with E-state index in [1.807, 2.05) is 4.90 Å². The summed E-state index contributed by atoms with van der Waals surface area (Å²) in [6, 6.07) is 9.44. The van der Waals surface area contributed by atoms with E-state index in [1.165, 1.54) is 6.07 Å². The molecule has 0 bridgehead atoms. The number of nitrogens with one attached hydrogen (secondary N) is 1. The fourth-order valence-corrected chi connectivity index (χ4v) is 2.96. The third-order valence-corrected chi connectivity index (χ3v) is 4.19. The number of carbonyl (C=O) groups excluding carboxylic acids is 1. The fraction of sp³-hybridized carbons (Fsp3) is 0.278. The molecule has 1 amide bonds. The van der Waals surface area contributed by atoms with Crippen LogP contribution in [0.3, 0.4) is 0 Å². The minimum Gasteiger partial charge on any atom is -0.369 e. The van der Waals surface area contributed by atoms with Crippen molar-refractivity contribution in [3.8, 4) is 0 Å². The first-order valence-corrected chi connectivity index (χ1v) is 7.79. The molecule has 3 nitrogen and oxygen atoms in total. The number of carbonyl (C=O) groups is 1. The van der Waals surface area contributed by atoms with E-state index < -0.39 is 11.6 Å². The number of benzene rings is 2. The van der Waals surface area contributed by atoms with Crippen LogP contribution in [0.25, 0.3) is 0 Å². The molecule has 24 heavy (non-hydrogen) atoms. The zero-order valence-electron chi connectivity index (χ0n) is 12.9. The Kier molecular flexibility index (Phi) is 4.74. The topological polar surface area (TPSA) is 32.3 Å². The highest BCUT2D eigenvalue weighted by Gasteiger charge is 2.26. The minimum atomic E-state index is -0.736. The van der Waals surface area contributed by atoms with Crippen molar-refractivity contribution in [1.82, 2.24) is 0 Å². The zero-order chi connectivity index (χ0) is 17.1. The van der Waals surface area contributed by atoms with E-state index in [4.69, 9.17) is 0 Å². The molecule has 0 atom stereocenters. The minimum absolute atomic E-state index is 0.106. The molecule has 1 N–H and O–H groups in total. The molecule has 1 aliphatic heterocycles. The van der Waals surface area contributed by atoms with Crippen molar-refractivity contribution in [2.45, 2.75) is 12.8 Å². The molecule has 2 aromatic carbocycles. The van der Waals surface area contributed by atoms with Gasteiger partial charge in [0.15, 0.2) is 0 Å². The van der Waals surface area contributed by atoms with Crippen LogP contribution in [0.2, 0.25) is 0 Å². The highest BCUT2D eigenvalue weighted by Crippen LogP contribution is 2.26. The smallest absolute Gasteiger partial charge is 0.227 e. The van der Waals surface area contributed by atoms with Crippen molar-refractivity contribution in [2.75, 3.05) is 23.3 Å². The summed E-state index contributed by atoms with van der Waals surface area (Å²) in [5, 5.41) is 2.55. The fourth-order valence-electron chi connectivity index (χ4n) is 2.96. The first-order valence-electron chi connectivity index (χ1n) is 7.79. The zero-order valence-corrected chi connectivity index (χ0v) is 12.9. The van der Waals surface area contributed by atoms with Gasteiger partial charge in [0.2, 0.25) is 5.91 Å². The molecule has 6 heteroatoms. The quantitative estimate of drug-likeness (QED) is 0.921. The molecule has 0 aliphatic carbocycles. The maximum absolute atomic E-state index is 13.8. The van der Waals surface area contributed by atoms with Crippen molar-refractivity contribution in [3.05, 3.63) is 59.9 Å². The molecular weight excluding hydrogens is 317 g/mol. The number of rotatable bonds is 3. The Bertz CT molecular complexity index is 723. The average Bonchev–Trinajstić information content (AvgIpc) is 2.54. The summed E-state index contributed by atoms with van der Waals surface area (Å²) >= 11 is 0. The lowest BCUT2D eigenvalue weighted by atomic mass is 9.95. The van der Waals surface area contributed by atoms with Gasteiger partial charge in [-0.15, -0.1) is 0 Å². The standard InChI is InChI=1S/C18H17F3N2O/c19-13-9-14(20)11-15(10-13)22-18(24)12-5-7-23(8-6-12)17-4-2-1-3-16(17)21/h1-4,9-12H,5-8H2,(H,22,24). The lowest BCUT2D eigenvalue weighted by Gasteiger charge is -2.33. The van der Waals surface area contributed by atoms with Crippen LogP contribution in [0.1, 0.15) is 12.8 Å². The van der Waals surface area contributed by atoms with Crippen molar-refractivity contribution in [2.24, 2.45) is 5.92 Å². The van der Waals surface area contributed by atoms with E-state index in [0.29, 0.717) is 31.6 Å². The molecule has 0 aromatic heterocycles. The summed E-state index contributed by atoms with van der Waals surface area (Å²) in [6.45, 7) is 1.10. The highest BCUT2D eigenvalue weighted by atomic mass is 19.1. The lowest BCUT2D eigenvalue weighted by Crippen LogP contribution is -2.38. The first kappa shape index (κ1) is 16.4. The molecule has 2 aromatic rings. The Hall–Kier alpha value is -2.50. The van der Waals surface area contributed by atoms with Gasteiger partial charge in [-0.1, -0.05) is 12.1 Å². The third-order valence-electron chi connectivity index (χ3n) is 4.19. The van der Waals surface area contributed by atoms with Gasteiger partial charge in [0, 0.05) is 30.8 Å². The van der Waals surface area contributed by atoms with Crippen LogP contribution in [0.15, 0.2) is 42.5 Å². The van der Waals surface area contributed by atoms with E-state index in [0.717, 1.165) is 18.2 Å². The van der Waals surface area contributed by atoms with Crippen molar-refractivity contribution >= 4 is 17.3 Å². The predicted octanol–water partition coefficient (Wildman–Crippen LogP) is 3.96. The predicted molar refractivity (Wildman–Crippen MR) is 86.3 cm³/mol. The highest BCUT2D eigenvalue weighted by molar-refractivity contribution is 5.92. The van der Waals surface area contributed by atoms with Gasteiger partial charge in [0.1, 0.15) is 17.5 Å². The Labute approximate surface area is 138 Å². The molecule has 3 rings (SSSR count). The Morgan fingerprint density at radius 1 is 1.00 bits per heavy atom. The molecule has 1 fully saturated rings. The molecule has 1 heterocycles. The maximum Gasteiger partial charge on any atom is 0.227 e. The van der Waals surface area contributed by atoms with Gasteiger partial charge in [-0.25, -0.2) is 13.2 Å². The Balaban J connectivity index is 1.60. The number of piperidine rings is 1. The number of halogens is 3. The normalized spacial score (nSPS) is 15.4. The van der Waals surface area contributed by atoms with E-state index in [9.17, 15) is 18.0 Å². The third kappa shape index (κ3) is 3.69. The molecule has 1 saturated heterocycles. The first-order chi connectivity index (χ1) is 11.5.